The van der Waals surface area contributed by atoms with E-state index in [1.54, 1.807) is 0 Å². The van der Waals surface area contributed by atoms with Crippen LogP contribution in [0.4, 0.5) is 0 Å². The minimum Gasteiger partial charge on any atom is -0.291 e. The van der Waals surface area contributed by atoms with Crippen molar-refractivity contribution in [2.75, 3.05) is 0 Å². The Kier molecular flexibility index (Phi) is 3.56. The third-order valence-corrected chi connectivity index (χ3v) is 0.836. The second kappa shape index (κ2) is 3.68. The Bertz CT molecular complexity index is 134. The van der Waals surface area contributed by atoms with Crippen LogP contribution in [-0.4, -0.2) is 18.8 Å². The topological polar surface area (TPSA) is 117 Å². The van der Waals surface area contributed by atoms with Gasteiger partial charge in [-0.1, -0.05) is 11.3 Å². The maximum Gasteiger partial charge on any atom is 0.436 e. The highest BCUT2D eigenvalue weighted by Gasteiger charge is 2.10. The van der Waals surface area contributed by atoms with Gasteiger partial charge in [-0.05, 0) is 0 Å². The van der Waals surface area contributed by atoms with E-state index in [1.165, 1.54) is 0 Å². The van der Waals surface area contributed by atoms with E-state index < -0.39 is 10.4 Å². The molecule has 9 heteroatoms. The summed E-state index contributed by atoms with van der Waals surface area (Å²) in [6.45, 7) is 0. The zero-order valence-corrected chi connectivity index (χ0v) is 4.75. The van der Waals surface area contributed by atoms with E-state index in [9.17, 15) is 8.42 Å². The van der Waals surface area contributed by atoms with E-state index in [1.807, 2.05) is 0 Å². The summed E-state index contributed by atoms with van der Waals surface area (Å²) in [5, 5.41) is 15.2. The largest absolute Gasteiger partial charge is 0.436 e. The molecule has 4 N–H and O–H groups in total. The highest BCUT2D eigenvalue weighted by Crippen LogP contribution is 1.85. The van der Waals surface area contributed by atoms with Crippen molar-refractivity contribution < 1.29 is 27.4 Å². The lowest BCUT2D eigenvalue weighted by Gasteiger charge is -1.97. The molecule has 0 atom stereocenters. The Labute approximate surface area is 50.1 Å². The van der Waals surface area contributed by atoms with Crippen molar-refractivity contribution in [3.8, 4) is 0 Å². The predicted molar refractivity (Wildman–Crippen MR) is 20.9 cm³/mol. The molecule has 0 bridgehead atoms. The molecule has 8 nitrogen and oxygen atoms in total. The summed E-state index contributed by atoms with van der Waals surface area (Å²) in [4.78, 5) is 0. The van der Waals surface area contributed by atoms with Crippen LogP contribution in [0.3, 0.4) is 0 Å². The van der Waals surface area contributed by atoms with Crippen LogP contribution in [0, 0.1) is 0 Å². The second-order valence-corrected chi connectivity index (χ2v) is 1.91. The number of hydrogen-bond acceptors (Lipinski definition) is 8. The Morgan fingerprint density at radius 3 is 1.67 bits per heavy atom. The van der Waals surface area contributed by atoms with E-state index in [-0.39, 0.29) is 0 Å². The molecule has 0 saturated carbocycles. The molecule has 0 saturated heterocycles. The van der Waals surface area contributed by atoms with Gasteiger partial charge in [0.15, 0.2) is 0 Å². The number of nitrogens with one attached hydrogen (secondary N) is 2. The summed E-state index contributed by atoms with van der Waals surface area (Å²) in [7, 11) is -4.40. The van der Waals surface area contributed by atoms with E-state index in [0.29, 0.717) is 0 Å². The molecule has 0 fully saturated rings. The standard InChI is InChI=1S/H4N2O6S/c3-1-7-9(5,6)8-2-4/h1-4H. The van der Waals surface area contributed by atoms with Gasteiger partial charge in [-0.15, -0.1) is 8.57 Å². The Balaban J connectivity index is 3.73. The van der Waals surface area contributed by atoms with Gasteiger partial charge in [-0.2, -0.15) is 8.42 Å². The van der Waals surface area contributed by atoms with Crippen LogP contribution in [0.1, 0.15) is 0 Å². The van der Waals surface area contributed by atoms with Gasteiger partial charge in [-0.3, -0.25) is 10.4 Å². The van der Waals surface area contributed by atoms with E-state index >= 15 is 0 Å². The van der Waals surface area contributed by atoms with Crippen molar-refractivity contribution >= 4 is 10.4 Å². The first-order chi connectivity index (χ1) is 4.12. The SMILES string of the molecule is O=S(=O)(ONO)ONO. The van der Waals surface area contributed by atoms with E-state index in [4.69, 9.17) is 10.4 Å². The lowest BCUT2D eigenvalue weighted by Crippen LogP contribution is -2.23. The van der Waals surface area contributed by atoms with Gasteiger partial charge in [-0.25, -0.2) is 0 Å². The Morgan fingerprint density at radius 2 is 1.44 bits per heavy atom. The predicted octanol–water partition coefficient (Wildman–Crippen LogP) is -1.95. The van der Waals surface area contributed by atoms with Crippen molar-refractivity contribution in [1.82, 2.24) is 11.3 Å². The maximum absolute atomic E-state index is 9.94. The Morgan fingerprint density at radius 1 is 1.11 bits per heavy atom. The zero-order chi connectivity index (χ0) is 7.33. The van der Waals surface area contributed by atoms with Gasteiger partial charge in [0.05, 0.1) is 0 Å². The maximum atomic E-state index is 9.94. The average molecular weight is 160 g/mol. The van der Waals surface area contributed by atoms with Crippen molar-refractivity contribution in [3.05, 3.63) is 0 Å². The molecule has 0 rings (SSSR count). The van der Waals surface area contributed by atoms with Gasteiger partial charge < -0.3 is 0 Å². The van der Waals surface area contributed by atoms with Crippen LogP contribution in [-0.2, 0) is 19.0 Å². The van der Waals surface area contributed by atoms with Crippen LogP contribution in [0.25, 0.3) is 0 Å². The van der Waals surface area contributed by atoms with Crippen LogP contribution in [0.15, 0.2) is 0 Å². The molecule has 0 aromatic carbocycles. The van der Waals surface area contributed by atoms with Gasteiger partial charge >= 0.3 is 10.4 Å². The first kappa shape index (κ1) is 8.71. The zero-order valence-electron chi connectivity index (χ0n) is 3.94. The number of rotatable bonds is 4. The lowest BCUT2D eigenvalue weighted by atomic mass is 13.3. The van der Waals surface area contributed by atoms with Gasteiger partial charge in [0.25, 0.3) is 0 Å². The summed E-state index contributed by atoms with van der Waals surface area (Å²) < 4.78 is 26.5. The highest BCUT2D eigenvalue weighted by molar-refractivity contribution is 7.81. The quantitative estimate of drug-likeness (QED) is 0.350. The van der Waals surface area contributed by atoms with Gasteiger partial charge in [0, 0.05) is 0 Å². The molecule has 0 heterocycles. The van der Waals surface area contributed by atoms with Gasteiger partial charge in [0.2, 0.25) is 0 Å². The van der Waals surface area contributed by atoms with Crippen LogP contribution < -0.4 is 11.3 Å². The molecule has 0 spiro atoms. The fraction of sp³-hybridized carbons (Fsp3) is 0. The molecule has 0 aromatic heterocycles. The van der Waals surface area contributed by atoms with Crippen molar-refractivity contribution in [2.45, 2.75) is 0 Å². The third kappa shape index (κ3) is 4.23. The molecule has 0 aliphatic rings. The number of hydrogen-bond donors (Lipinski definition) is 4. The van der Waals surface area contributed by atoms with Crippen LogP contribution >= 0.6 is 0 Å². The molecule has 9 heavy (non-hydrogen) atoms. The summed E-state index contributed by atoms with van der Waals surface area (Å²) in [5.74, 6) is 0. The lowest BCUT2D eigenvalue weighted by molar-refractivity contribution is -0.0877. The molecule has 0 aromatic rings. The molecule has 0 unspecified atom stereocenters. The third-order valence-electron chi connectivity index (χ3n) is 0.279. The normalized spacial score (nSPS) is 11.8. The summed E-state index contributed by atoms with van der Waals surface area (Å²) in [6, 6.07) is 0. The van der Waals surface area contributed by atoms with Crippen molar-refractivity contribution in [1.29, 1.82) is 0 Å². The minimum absolute atomic E-state index is 0.829. The fourth-order valence-electron chi connectivity index (χ4n) is 0.108. The minimum atomic E-state index is -4.40. The second-order valence-electron chi connectivity index (χ2n) is 0.757. The van der Waals surface area contributed by atoms with Crippen LogP contribution in [0.5, 0.6) is 0 Å². The average Bonchev–Trinajstić information content (AvgIpc) is 1.64. The molecular formula is H4N2O6S. The monoisotopic (exact) mass is 160 g/mol. The molecule has 0 radical (unpaired) electrons. The van der Waals surface area contributed by atoms with Crippen LogP contribution in [0.2, 0.25) is 0 Å². The molecule has 56 valence electrons. The van der Waals surface area contributed by atoms with E-state index in [2.05, 4.69) is 8.57 Å². The first-order valence-corrected chi connectivity index (χ1v) is 2.86. The van der Waals surface area contributed by atoms with E-state index in [0.717, 1.165) is 11.3 Å². The molecular weight excluding hydrogens is 156 g/mol. The van der Waals surface area contributed by atoms with Gasteiger partial charge in [0.1, 0.15) is 0 Å². The first-order valence-electron chi connectivity index (χ1n) is 1.52. The fourth-order valence-corrected chi connectivity index (χ4v) is 0.325. The molecule has 0 aliphatic heterocycles. The van der Waals surface area contributed by atoms with Crippen molar-refractivity contribution in [3.63, 3.8) is 0 Å². The highest BCUT2D eigenvalue weighted by atomic mass is 32.3. The summed E-state index contributed by atoms with van der Waals surface area (Å²) in [6.07, 6.45) is 0. The Hall–Kier alpha value is -0.290. The summed E-state index contributed by atoms with van der Waals surface area (Å²) >= 11 is 0. The summed E-state index contributed by atoms with van der Waals surface area (Å²) in [5.41, 5.74) is 1.66. The van der Waals surface area contributed by atoms with Crippen molar-refractivity contribution in [2.24, 2.45) is 0 Å². The smallest absolute Gasteiger partial charge is 0.291 e. The molecule has 0 aliphatic carbocycles. The molecule has 0 amide bonds.